The molecular weight excluding hydrogens is 358 g/mol. The fourth-order valence-electron chi connectivity index (χ4n) is 3.81. The summed E-state index contributed by atoms with van der Waals surface area (Å²) in [5.74, 6) is 3.04. The van der Waals surface area contributed by atoms with Crippen LogP contribution < -0.4 is 14.4 Å². The number of ether oxygens (including phenoxy) is 2. The van der Waals surface area contributed by atoms with Crippen LogP contribution in [0.25, 0.3) is 10.8 Å². The van der Waals surface area contributed by atoms with Gasteiger partial charge >= 0.3 is 0 Å². The van der Waals surface area contributed by atoms with Crippen LogP contribution in [0.1, 0.15) is 18.7 Å². The first kappa shape index (κ1) is 18.5. The minimum absolute atomic E-state index is 0.554. The molecule has 148 valence electrons. The highest BCUT2D eigenvalue weighted by molar-refractivity contribution is 5.94. The largest absolute Gasteiger partial charge is 0.493 e. The van der Waals surface area contributed by atoms with Crippen molar-refractivity contribution in [2.75, 3.05) is 32.2 Å². The van der Waals surface area contributed by atoms with Crippen molar-refractivity contribution < 1.29 is 14.6 Å². The van der Waals surface area contributed by atoms with E-state index in [1.807, 2.05) is 29.8 Å². The Kier molecular flexibility index (Phi) is 4.80. The van der Waals surface area contributed by atoms with Crippen molar-refractivity contribution in [2.24, 2.45) is 0 Å². The zero-order valence-corrected chi connectivity index (χ0v) is 16.4. The minimum Gasteiger partial charge on any atom is -0.493 e. The molecule has 0 unspecified atom stereocenters. The van der Waals surface area contributed by atoms with E-state index in [1.54, 1.807) is 26.6 Å². The van der Waals surface area contributed by atoms with Crippen molar-refractivity contribution in [3.63, 3.8) is 0 Å². The van der Waals surface area contributed by atoms with Crippen LogP contribution in [0.3, 0.4) is 0 Å². The number of fused-ring (bicyclic) bond motifs is 1. The summed E-state index contributed by atoms with van der Waals surface area (Å²) >= 11 is 0. The van der Waals surface area contributed by atoms with Gasteiger partial charge in [-0.25, -0.2) is 4.98 Å². The van der Waals surface area contributed by atoms with E-state index in [9.17, 15) is 5.11 Å². The number of aliphatic hydroxyl groups is 1. The van der Waals surface area contributed by atoms with Gasteiger partial charge in [0.05, 0.1) is 32.6 Å². The molecule has 0 aliphatic carbocycles. The van der Waals surface area contributed by atoms with Gasteiger partial charge in [-0.3, -0.25) is 0 Å². The molecule has 1 N–H and O–H groups in total. The number of nitrogens with zero attached hydrogens (tertiary/aromatic N) is 5. The second kappa shape index (κ2) is 7.27. The lowest BCUT2D eigenvalue weighted by Gasteiger charge is -2.39. The number of benzene rings is 1. The molecule has 1 saturated heterocycles. The van der Waals surface area contributed by atoms with Gasteiger partial charge in [0.1, 0.15) is 5.82 Å². The summed E-state index contributed by atoms with van der Waals surface area (Å²) in [6.45, 7) is 3.91. The van der Waals surface area contributed by atoms with Gasteiger partial charge in [-0.05, 0) is 31.9 Å². The van der Waals surface area contributed by atoms with E-state index in [2.05, 4.69) is 20.1 Å². The fraction of sp³-hybridized carbons (Fsp3) is 0.450. The Morgan fingerprint density at radius 3 is 2.50 bits per heavy atom. The summed E-state index contributed by atoms with van der Waals surface area (Å²) in [6, 6.07) is 3.85. The van der Waals surface area contributed by atoms with Crippen molar-refractivity contribution >= 4 is 16.6 Å². The van der Waals surface area contributed by atoms with Crippen LogP contribution in [0.4, 0.5) is 5.82 Å². The third-order valence-electron chi connectivity index (χ3n) is 5.53. The first-order valence-electron chi connectivity index (χ1n) is 9.35. The Labute approximate surface area is 163 Å². The number of anilines is 1. The number of methoxy groups -OCH3 is 2. The minimum atomic E-state index is -0.749. The van der Waals surface area contributed by atoms with Gasteiger partial charge in [-0.15, -0.1) is 5.10 Å². The number of rotatable bonds is 5. The standard InChI is InChI=1S/C20H25N5O3/c1-14-21-6-9-25(14)13-20(26)4-7-24(8-5-20)19-16-11-18(28-3)17(27-2)10-15(16)12-22-23-19/h6,9-12,26H,4-5,7-8,13H2,1-3H3. The summed E-state index contributed by atoms with van der Waals surface area (Å²) in [5, 5.41) is 21.5. The van der Waals surface area contributed by atoms with Crippen LogP contribution in [0, 0.1) is 6.92 Å². The van der Waals surface area contributed by atoms with Crippen molar-refractivity contribution in [3.8, 4) is 11.5 Å². The highest BCUT2D eigenvalue weighted by Crippen LogP contribution is 2.36. The molecule has 3 aromatic rings. The molecule has 1 fully saturated rings. The van der Waals surface area contributed by atoms with Gasteiger partial charge in [0, 0.05) is 36.3 Å². The smallest absolute Gasteiger partial charge is 0.161 e. The Morgan fingerprint density at radius 2 is 1.86 bits per heavy atom. The number of aromatic nitrogens is 4. The lowest BCUT2D eigenvalue weighted by atomic mass is 9.91. The lowest BCUT2D eigenvalue weighted by molar-refractivity contribution is -0.000638. The molecule has 1 aliphatic heterocycles. The molecule has 0 bridgehead atoms. The van der Waals surface area contributed by atoms with Gasteiger partial charge in [0.2, 0.25) is 0 Å². The average molecular weight is 383 g/mol. The van der Waals surface area contributed by atoms with Crippen molar-refractivity contribution in [1.82, 2.24) is 19.7 Å². The molecule has 0 saturated carbocycles. The molecule has 4 rings (SSSR count). The predicted molar refractivity (Wildman–Crippen MR) is 106 cm³/mol. The van der Waals surface area contributed by atoms with Crippen LogP contribution in [-0.2, 0) is 6.54 Å². The third-order valence-corrected chi connectivity index (χ3v) is 5.53. The average Bonchev–Trinajstić information content (AvgIpc) is 3.11. The van der Waals surface area contributed by atoms with E-state index in [0.717, 1.165) is 22.4 Å². The molecule has 28 heavy (non-hydrogen) atoms. The van der Waals surface area contributed by atoms with Crippen LogP contribution >= 0.6 is 0 Å². The number of imidazole rings is 1. The molecule has 0 spiro atoms. The molecule has 1 aliphatic rings. The number of hydrogen-bond acceptors (Lipinski definition) is 7. The van der Waals surface area contributed by atoms with E-state index >= 15 is 0 Å². The van der Waals surface area contributed by atoms with Gasteiger partial charge in [-0.1, -0.05) is 0 Å². The molecule has 2 aromatic heterocycles. The van der Waals surface area contributed by atoms with Crippen molar-refractivity contribution in [3.05, 3.63) is 36.5 Å². The van der Waals surface area contributed by atoms with E-state index in [0.29, 0.717) is 44.0 Å². The Morgan fingerprint density at radius 1 is 1.14 bits per heavy atom. The number of piperidine rings is 1. The summed E-state index contributed by atoms with van der Waals surface area (Å²) in [6.07, 6.45) is 6.70. The van der Waals surface area contributed by atoms with Gasteiger partial charge in [-0.2, -0.15) is 5.10 Å². The van der Waals surface area contributed by atoms with Gasteiger partial charge in [0.25, 0.3) is 0 Å². The molecule has 3 heterocycles. The Hall–Kier alpha value is -2.87. The van der Waals surface area contributed by atoms with Crippen LogP contribution in [0.2, 0.25) is 0 Å². The quantitative estimate of drug-likeness (QED) is 0.723. The molecule has 1 aromatic carbocycles. The van der Waals surface area contributed by atoms with Crippen LogP contribution in [-0.4, -0.2) is 57.8 Å². The second-order valence-electron chi connectivity index (χ2n) is 7.28. The molecule has 8 heteroatoms. The zero-order valence-electron chi connectivity index (χ0n) is 16.4. The molecule has 8 nitrogen and oxygen atoms in total. The highest BCUT2D eigenvalue weighted by atomic mass is 16.5. The van der Waals surface area contributed by atoms with Crippen molar-refractivity contribution in [2.45, 2.75) is 31.9 Å². The lowest BCUT2D eigenvalue weighted by Crippen LogP contribution is -2.47. The van der Waals surface area contributed by atoms with Gasteiger partial charge < -0.3 is 24.0 Å². The highest BCUT2D eigenvalue weighted by Gasteiger charge is 2.34. The van der Waals surface area contributed by atoms with Crippen molar-refractivity contribution in [1.29, 1.82) is 0 Å². The fourth-order valence-corrected chi connectivity index (χ4v) is 3.81. The predicted octanol–water partition coefficient (Wildman–Crippen LogP) is 2.18. The van der Waals surface area contributed by atoms with Crippen LogP contribution in [0.5, 0.6) is 11.5 Å². The maximum Gasteiger partial charge on any atom is 0.161 e. The molecule has 0 atom stereocenters. The maximum absolute atomic E-state index is 11.0. The Balaban J connectivity index is 1.57. The maximum atomic E-state index is 11.0. The van der Waals surface area contributed by atoms with E-state index in [-0.39, 0.29) is 0 Å². The van der Waals surface area contributed by atoms with Gasteiger partial charge in [0.15, 0.2) is 17.3 Å². The zero-order chi connectivity index (χ0) is 19.7. The van der Waals surface area contributed by atoms with E-state index in [4.69, 9.17) is 9.47 Å². The number of aryl methyl sites for hydroxylation is 1. The van der Waals surface area contributed by atoms with E-state index in [1.165, 1.54) is 0 Å². The Bertz CT molecular complexity index is 979. The summed E-state index contributed by atoms with van der Waals surface area (Å²) < 4.78 is 12.8. The molecule has 0 amide bonds. The first-order chi connectivity index (χ1) is 13.5. The third kappa shape index (κ3) is 3.35. The molecule has 0 radical (unpaired) electrons. The van der Waals surface area contributed by atoms with E-state index < -0.39 is 5.60 Å². The molecular formula is C20H25N5O3. The normalized spacial score (nSPS) is 16.4. The SMILES string of the molecule is COc1cc2cnnc(N3CCC(O)(Cn4ccnc4C)CC3)c2cc1OC. The first-order valence-corrected chi connectivity index (χ1v) is 9.35. The number of hydrogen-bond donors (Lipinski definition) is 1. The summed E-state index contributed by atoms with van der Waals surface area (Å²) in [4.78, 5) is 6.42. The topological polar surface area (TPSA) is 85.5 Å². The monoisotopic (exact) mass is 383 g/mol. The van der Waals surface area contributed by atoms with Crippen LogP contribution in [0.15, 0.2) is 30.7 Å². The summed E-state index contributed by atoms with van der Waals surface area (Å²) in [7, 11) is 3.24. The second-order valence-corrected chi connectivity index (χ2v) is 7.28. The summed E-state index contributed by atoms with van der Waals surface area (Å²) in [5.41, 5.74) is -0.749.